The maximum atomic E-state index is 12.7. The molecule has 0 radical (unpaired) electrons. The van der Waals surface area contributed by atoms with Crippen molar-refractivity contribution in [3.8, 4) is 5.75 Å². The number of hydrogen-bond acceptors (Lipinski definition) is 2. The Balaban J connectivity index is 2.11. The average Bonchev–Trinajstić information content (AvgIpc) is 2.51. The Morgan fingerprint density at radius 1 is 1.12 bits per heavy atom. The van der Waals surface area contributed by atoms with Crippen LogP contribution in [0.1, 0.15) is 29.2 Å². The third-order valence-corrected chi connectivity index (χ3v) is 3.89. The number of carbonyl (C=O) groups is 1. The van der Waals surface area contributed by atoms with Gasteiger partial charge < -0.3 is 10.1 Å². The van der Waals surface area contributed by atoms with E-state index in [0.29, 0.717) is 5.75 Å². The molecule has 0 bridgehead atoms. The van der Waals surface area contributed by atoms with E-state index in [1.807, 2.05) is 32.9 Å². The average molecular weight is 351 g/mol. The van der Waals surface area contributed by atoms with Crippen LogP contribution in [0.25, 0.3) is 0 Å². The second-order valence-electron chi connectivity index (χ2n) is 6.03. The molecule has 25 heavy (non-hydrogen) atoms. The van der Waals surface area contributed by atoms with Crippen molar-refractivity contribution in [2.24, 2.45) is 0 Å². The number of benzene rings is 2. The first-order chi connectivity index (χ1) is 11.6. The number of carbonyl (C=O) groups excluding carboxylic acids is 1. The lowest BCUT2D eigenvalue weighted by molar-refractivity contribution is -0.137. The van der Waals surface area contributed by atoms with Gasteiger partial charge in [-0.1, -0.05) is 12.1 Å². The first-order valence-electron chi connectivity index (χ1n) is 7.80. The fourth-order valence-corrected chi connectivity index (χ4v) is 2.38. The summed E-state index contributed by atoms with van der Waals surface area (Å²) in [7, 11) is 0. The van der Waals surface area contributed by atoms with Crippen molar-refractivity contribution in [3.63, 3.8) is 0 Å². The molecule has 6 heteroatoms. The molecule has 2 aromatic carbocycles. The topological polar surface area (TPSA) is 38.3 Å². The maximum Gasteiger partial charge on any atom is 0.416 e. The molecule has 0 aliphatic carbocycles. The maximum absolute atomic E-state index is 12.7. The summed E-state index contributed by atoms with van der Waals surface area (Å²) in [4.78, 5) is 12.2. The van der Waals surface area contributed by atoms with E-state index in [-0.39, 0.29) is 5.69 Å². The monoisotopic (exact) mass is 351 g/mol. The van der Waals surface area contributed by atoms with Crippen molar-refractivity contribution in [1.82, 2.24) is 0 Å². The molecule has 3 nitrogen and oxygen atoms in total. The molecule has 2 aromatic rings. The van der Waals surface area contributed by atoms with Crippen LogP contribution in [-0.4, -0.2) is 12.0 Å². The van der Waals surface area contributed by atoms with E-state index in [1.165, 1.54) is 12.1 Å². The number of halogens is 3. The molecular weight excluding hydrogens is 331 g/mol. The molecule has 0 saturated carbocycles. The number of nitrogens with one attached hydrogen (secondary N) is 1. The quantitative estimate of drug-likeness (QED) is 0.838. The molecule has 0 aliphatic heterocycles. The van der Waals surface area contributed by atoms with Crippen molar-refractivity contribution < 1.29 is 22.7 Å². The van der Waals surface area contributed by atoms with Crippen LogP contribution in [0.5, 0.6) is 5.75 Å². The minimum Gasteiger partial charge on any atom is -0.481 e. The lowest BCUT2D eigenvalue weighted by Gasteiger charge is -2.18. The lowest BCUT2D eigenvalue weighted by Crippen LogP contribution is -2.30. The van der Waals surface area contributed by atoms with Gasteiger partial charge in [0.2, 0.25) is 0 Å². The summed E-state index contributed by atoms with van der Waals surface area (Å²) >= 11 is 0. The van der Waals surface area contributed by atoms with Gasteiger partial charge in [0.1, 0.15) is 5.75 Å². The standard InChI is InChI=1S/C19H20F3NO2/c1-11-8-12(2)13(3)17(9-11)25-14(4)18(24)23-16-7-5-6-15(10-16)19(20,21)22/h5-10,14H,1-4H3,(H,23,24)/t14-/m1/s1. The number of anilines is 1. The minimum atomic E-state index is -4.46. The van der Waals surface area contributed by atoms with Crippen LogP contribution < -0.4 is 10.1 Å². The third-order valence-electron chi connectivity index (χ3n) is 3.89. The van der Waals surface area contributed by atoms with Crippen LogP contribution >= 0.6 is 0 Å². The van der Waals surface area contributed by atoms with E-state index < -0.39 is 23.8 Å². The van der Waals surface area contributed by atoms with Crippen LogP contribution in [0.4, 0.5) is 18.9 Å². The predicted octanol–water partition coefficient (Wildman–Crippen LogP) is 5.04. The first-order valence-corrected chi connectivity index (χ1v) is 7.80. The molecule has 0 aliphatic rings. The Morgan fingerprint density at radius 3 is 2.44 bits per heavy atom. The molecule has 1 atom stereocenters. The van der Waals surface area contributed by atoms with Gasteiger partial charge in [-0.05, 0) is 68.7 Å². The van der Waals surface area contributed by atoms with E-state index in [4.69, 9.17) is 4.74 Å². The predicted molar refractivity (Wildman–Crippen MR) is 90.8 cm³/mol. The van der Waals surface area contributed by atoms with Crippen LogP contribution in [0.15, 0.2) is 36.4 Å². The fourth-order valence-electron chi connectivity index (χ4n) is 2.38. The van der Waals surface area contributed by atoms with Gasteiger partial charge in [-0.25, -0.2) is 0 Å². The molecule has 0 heterocycles. The van der Waals surface area contributed by atoms with Crippen molar-refractivity contribution >= 4 is 11.6 Å². The highest BCUT2D eigenvalue weighted by Gasteiger charge is 2.30. The molecule has 0 spiro atoms. The van der Waals surface area contributed by atoms with E-state index in [2.05, 4.69) is 5.32 Å². The highest BCUT2D eigenvalue weighted by Crippen LogP contribution is 2.31. The molecule has 0 unspecified atom stereocenters. The van der Waals surface area contributed by atoms with Crippen LogP contribution in [-0.2, 0) is 11.0 Å². The smallest absolute Gasteiger partial charge is 0.416 e. The number of rotatable bonds is 4. The van der Waals surface area contributed by atoms with Crippen LogP contribution in [0.3, 0.4) is 0 Å². The summed E-state index contributed by atoms with van der Waals surface area (Å²) in [6.45, 7) is 7.32. The summed E-state index contributed by atoms with van der Waals surface area (Å²) in [5.41, 5.74) is 2.23. The summed E-state index contributed by atoms with van der Waals surface area (Å²) < 4.78 is 43.9. The van der Waals surface area contributed by atoms with Gasteiger partial charge in [0.15, 0.2) is 6.10 Å². The lowest BCUT2D eigenvalue weighted by atomic mass is 10.1. The zero-order valence-electron chi connectivity index (χ0n) is 14.5. The van der Waals surface area contributed by atoms with Gasteiger partial charge in [0.25, 0.3) is 5.91 Å². The SMILES string of the molecule is Cc1cc(C)c(C)c(O[C@H](C)C(=O)Nc2cccc(C(F)(F)F)c2)c1. The first kappa shape index (κ1) is 18.8. The molecule has 2 rings (SSSR count). The van der Waals surface area contributed by atoms with Crippen molar-refractivity contribution in [1.29, 1.82) is 0 Å². The summed E-state index contributed by atoms with van der Waals surface area (Å²) in [5, 5.41) is 2.46. The molecule has 134 valence electrons. The number of alkyl halides is 3. The normalized spacial score (nSPS) is 12.6. The second-order valence-corrected chi connectivity index (χ2v) is 6.03. The van der Waals surface area contributed by atoms with Crippen molar-refractivity contribution in [3.05, 3.63) is 58.7 Å². The zero-order valence-corrected chi connectivity index (χ0v) is 14.5. The molecule has 1 N–H and O–H groups in total. The highest BCUT2D eigenvalue weighted by atomic mass is 19.4. The van der Waals surface area contributed by atoms with E-state index in [1.54, 1.807) is 6.92 Å². The van der Waals surface area contributed by atoms with Crippen molar-refractivity contribution in [2.75, 3.05) is 5.32 Å². The molecule has 0 fully saturated rings. The van der Waals surface area contributed by atoms with Gasteiger partial charge in [0.05, 0.1) is 5.56 Å². The summed E-state index contributed by atoms with van der Waals surface area (Å²) in [5.74, 6) is 0.0714. The van der Waals surface area contributed by atoms with Gasteiger partial charge in [0, 0.05) is 5.69 Å². The second kappa shape index (κ2) is 7.17. The van der Waals surface area contributed by atoms with Gasteiger partial charge in [-0.15, -0.1) is 0 Å². The van der Waals surface area contributed by atoms with Gasteiger partial charge in [-0.3, -0.25) is 4.79 Å². The Morgan fingerprint density at radius 2 is 1.80 bits per heavy atom. The van der Waals surface area contributed by atoms with E-state index >= 15 is 0 Å². The van der Waals surface area contributed by atoms with E-state index in [9.17, 15) is 18.0 Å². The number of hydrogen-bond donors (Lipinski definition) is 1. The molecule has 0 saturated heterocycles. The Labute approximate surface area is 144 Å². The molecular formula is C19H20F3NO2. The Hall–Kier alpha value is -2.50. The Kier molecular flexibility index (Phi) is 5.40. The Bertz CT molecular complexity index is 785. The minimum absolute atomic E-state index is 0.0763. The van der Waals surface area contributed by atoms with Crippen LogP contribution in [0.2, 0.25) is 0 Å². The summed E-state index contributed by atoms with van der Waals surface area (Å²) in [6.07, 6.45) is -5.31. The molecule has 0 aromatic heterocycles. The van der Waals surface area contributed by atoms with Gasteiger partial charge >= 0.3 is 6.18 Å². The van der Waals surface area contributed by atoms with Crippen LogP contribution in [0, 0.1) is 20.8 Å². The number of aryl methyl sites for hydroxylation is 2. The number of amides is 1. The third kappa shape index (κ3) is 4.75. The zero-order chi connectivity index (χ0) is 18.8. The molecule has 1 amide bonds. The summed E-state index contributed by atoms with van der Waals surface area (Å²) in [6, 6.07) is 8.34. The van der Waals surface area contributed by atoms with Crippen molar-refractivity contribution in [2.45, 2.75) is 40.0 Å². The number of ether oxygens (including phenoxy) is 1. The largest absolute Gasteiger partial charge is 0.481 e. The fraction of sp³-hybridized carbons (Fsp3) is 0.316. The highest BCUT2D eigenvalue weighted by molar-refractivity contribution is 5.94. The van der Waals surface area contributed by atoms with E-state index in [0.717, 1.165) is 28.8 Å². The van der Waals surface area contributed by atoms with Gasteiger partial charge in [-0.2, -0.15) is 13.2 Å².